The largest absolute Gasteiger partial charge is 0.477 e. The fourth-order valence-corrected chi connectivity index (χ4v) is 2.13. The Morgan fingerprint density at radius 3 is 2.45 bits per heavy atom. The minimum Gasteiger partial charge on any atom is -0.477 e. The number of hydrogen-bond acceptors (Lipinski definition) is 3. The Labute approximate surface area is 124 Å². The zero-order valence-corrected chi connectivity index (χ0v) is 12.2. The van der Waals surface area contributed by atoms with Crippen LogP contribution in [0.15, 0.2) is 23.0 Å². The van der Waals surface area contributed by atoms with Gasteiger partial charge in [0.15, 0.2) is 0 Å². The molecule has 0 aliphatic heterocycles. The molecule has 1 heterocycles. The second-order valence-electron chi connectivity index (χ2n) is 4.19. The van der Waals surface area contributed by atoms with Crippen LogP contribution in [0.1, 0.15) is 21.7 Å². The number of aromatic nitrogens is 2. The van der Waals surface area contributed by atoms with Gasteiger partial charge in [-0.25, -0.2) is 9.48 Å². The van der Waals surface area contributed by atoms with Crippen LogP contribution in [-0.4, -0.2) is 20.9 Å². The summed E-state index contributed by atoms with van der Waals surface area (Å²) >= 11 is 11.8. The minimum absolute atomic E-state index is 0.0964. The van der Waals surface area contributed by atoms with Gasteiger partial charge in [0.2, 0.25) is 5.43 Å². The topological polar surface area (TPSA) is 72.2 Å². The molecule has 1 N–H and O–H groups in total. The molecule has 20 heavy (non-hydrogen) atoms. The number of nitrogens with zero attached hydrogens (tertiary/aromatic N) is 2. The van der Waals surface area contributed by atoms with Crippen LogP contribution in [0, 0.1) is 13.8 Å². The average molecular weight is 313 g/mol. The summed E-state index contributed by atoms with van der Waals surface area (Å²) in [6, 6.07) is 4.78. The summed E-state index contributed by atoms with van der Waals surface area (Å²) in [5.41, 5.74) is -0.0389. The van der Waals surface area contributed by atoms with Crippen LogP contribution >= 0.6 is 23.2 Å². The lowest BCUT2D eigenvalue weighted by atomic mass is 10.1. The quantitative estimate of drug-likeness (QED) is 0.925. The summed E-state index contributed by atoms with van der Waals surface area (Å²) in [4.78, 5) is 23.0. The van der Waals surface area contributed by atoms with Crippen molar-refractivity contribution in [3.63, 3.8) is 0 Å². The highest BCUT2D eigenvalue weighted by molar-refractivity contribution is 6.42. The predicted octanol–water partition coefficient (Wildman–Crippen LogP) is 2.85. The van der Waals surface area contributed by atoms with Gasteiger partial charge in [-0.2, -0.15) is 5.10 Å². The third kappa shape index (κ3) is 2.42. The van der Waals surface area contributed by atoms with Gasteiger partial charge >= 0.3 is 5.97 Å². The highest BCUT2D eigenvalue weighted by Gasteiger charge is 2.19. The lowest BCUT2D eigenvalue weighted by molar-refractivity contribution is 0.0693. The van der Waals surface area contributed by atoms with Gasteiger partial charge in [0.1, 0.15) is 11.3 Å². The van der Waals surface area contributed by atoms with Crippen molar-refractivity contribution in [2.75, 3.05) is 0 Å². The Bertz CT molecular complexity index is 769. The first-order chi connectivity index (χ1) is 9.32. The standard InChI is InChI=1S/C13H10Cl2N2O3/c1-6-12(18)11(13(19)20)7(2)17(16-6)8-3-4-9(14)10(15)5-8/h3-5H,1-2H3,(H,19,20). The van der Waals surface area contributed by atoms with Crippen molar-refractivity contribution >= 4 is 29.2 Å². The third-order valence-electron chi connectivity index (χ3n) is 2.85. The molecule has 0 aliphatic rings. The summed E-state index contributed by atoms with van der Waals surface area (Å²) in [6.07, 6.45) is 0. The molecule has 0 saturated heterocycles. The molecule has 2 rings (SSSR count). The average Bonchev–Trinajstić information content (AvgIpc) is 2.37. The molecule has 0 unspecified atom stereocenters. The highest BCUT2D eigenvalue weighted by atomic mass is 35.5. The number of aromatic carboxylic acids is 1. The van der Waals surface area contributed by atoms with Crippen molar-refractivity contribution in [1.82, 2.24) is 9.78 Å². The van der Waals surface area contributed by atoms with Crippen LogP contribution in [-0.2, 0) is 0 Å². The molecule has 7 heteroatoms. The number of halogens is 2. The van der Waals surface area contributed by atoms with E-state index < -0.39 is 11.4 Å². The van der Waals surface area contributed by atoms with Crippen LogP contribution in [0.25, 0.3) is 5.69 Å². The van der Waals surface area contributed by atoms with E-state index in [1.807, 2.05) is 0 Å². The van der Waals surface area contributed by atoms with Crippen molar-refractivity contribution in [3.8, 4) is 5.69 Å². The van der Waals surface area contributed by atoms with E-state index in [1.54, 1.807) is 18.2 Å². The summed E-state index contributed by atoms with van der Waals surface area (Å²) in [7, 11) is 0. The third-order valence-corrected chi connectivity index (χ3v) is 3.59. The van der Waals surface area contributed by atoms with Crippen molar-refractivity contribution in [3.05, 3.63) is 55.4 Å². The van der Waals surface area contributed by atoms with Crippen LogP contribution in [0.2, 0.25) is 10.0 Å². The SMILES string of the molecule is Cc1nn(-c2ccc(Cl)c(Cl)c2)c(C)c(C(=O)O)c1=O. The van der Waals surface area contributed by atoms with Gasteiger partial charge in [0.25, 0.3) is 0 Å². The van der Waals surface area contributed by atoms with E-state index >= 15 is 0 Å². The lowest BCUT2D eigenvalue weighted by Gasteiger charge is -2.13. The Morgan fingerprint density at radius 2 is 1.90 bits per heavy atom. The molecule has 0 fully saturated rings. The molecule has 0 radical (unpaired) electrons. The van der Waals surface area contributed by atoms with E-state index in [0.29, 0.717) is 15.7 Å². The van der Waals surface area contributed by atoms with Crippen molar-refractivity contribution in [2.24, 2.45) is 0 Å². The fourth-order valence-electron chi connectivity index (χ4n) is 1.84. The zero-order valence-electron chi connectivity index (χ0n) is 10.6. The maximum atomic E-state index is 11.8. The minimum atomic E-state index is -1.29. The number of hydrogen-bond donors (Lipinski definition) is 1. The van der Waals surface area contributed by atoms with Gasteiger partial charge in [-0.3, -0.25) is 4.79 Å². The molecule has 0 atom stereocenters. The molecule has 1 aromatic carbocycles. The van der Waals surface area contributed by atoms with Gasteiger partial charge in [-0.15, -0.1) is 0 Å². The number of carbonyl (C=O) groups is 1. The molecule has 0 spiro atoms. The first-order valence-electron chi connectivity index (χ1n) is 5.62. The van der Waals surface area contributed by atoms with Gasteiger partial charge in [-0.05, 0) is 32.0 Å². The van der Waals surface area contributed by atoms with Crippen molar-refractivity contribution in [1.29, 1.82) is 0 Å². The van der Waals surface area contributed by atoms with E-state index in [4.69, 9.17) is 28.3 Å². The molecule has 0 amide bonds. The maximum Gasteiger partial charge on any atom is 0.341 e. The zero-order chi connectivity index (χ0) is 15.0. The van der Waals surface area contributed by atoms with E-state index in [1.165, 1.54) is 18.5 Å². The Hall–Kier alpha value is -1.85. The van der Waals surface area contributed by atoms with Crippen molar-refractivity contribution in [2.45, 2.75) is 13.8 Å². The van der Waals surface area contributed by atoms with Gasteiger partial charge in [0.05, 0.1) is 21.4 Å². The Balaban J connectivity index is 2.78. The van der Waals surface area contributed by atoms with E-state index in [2.05, 4.69) is 5.10 Å². The van der Waals surface area contributed by atoms with Gasteiger partial charge in [0, 0.05) is 0 Å². The van der Waals surface area contributed by atoms with Crippen molar-refractivity contribution < 1.29 is 9.90 Å². The number of aryl methyl sites for hydroxylation is 1. The van der Waals surface area contributed by atoms with E-state index in [-0.39, 0.29) is 17.0 Å². The lowest BCUT2D eigenvalue weighted by Crippen LogP contribution is -2.25. The molecule has 104 valence electrons. The summed E-state index contributed by atoms with van der Waals surface area (Å²) in [5, 5.41) is 13.9. The number of rotatable bonds is 2. The van der Waals surface area contributed by atoms with E-state index in [9.17, 15) is 9.59 Å². The Kier molecular flexibility index (Phi) is 3.83. The number of carboxylic acids is 1. The molecule has 2 aromatic rings. The Morgan fingerprint density at radius 1 is 1.25 bits per heavy atom. The molecule has 0 aliphatic carbocycles. The van der Waals surface area contributed by atoms with E-state index in [0.717, 1.165) is 0 Å². The summed E-state index contributed by atoms with van der Waals surface area (Å²) < 4.78 is 1.36. The molecule has 5 nitrogen and oxygen atoms in total. The molecule has 1 aromatic heterocycles. The summed E-state index contributed by atoms with van der Waals surface area (Å²) in [6.45, 7) is 2.97. The molecule has 0 bridgehead atoms. The van der Waals surface area contributed by atoms with Gasteiger partial charge < -0.3 is 5.11 Å². The second-order valence-corrected chi connectivity index (χ2v) is 5.00. The molecule has 0 saturated carbocycles. The second kappa shape index (κ2) is 5.26. The normalized spacial score (nSPS) is 10.6. The summed E-state index contributed by atoms with van der Waals surface area (Å²) in [5.74, 6) is -1.29. The molecular formula is C13H10Cl2N2O3. The fraction of sp³-hybridized carbons (Fsp3) is 0.154. The smallest absolute Gasteiger partial charge is 0.341 e. The first-order valence-corrected chi connectivity index (χ1v) is 6.37. The number of benzene rings is 1. The molecular weight excluding hydrogens is 303 g/mol. The van der Waals surface area contributed by atoms with Gasteiger partial charge in [-0.1, -0.05) is 23.2 Å². The van der Waals surface area contributed by atoms with Crippen LogP contribution in [0.5, 0.6) is 0 Å². The van der Waals surface area contributed by atoms with Crippen LogP contribution in [0.4, 0.5) is 0 Å². The first kappa shape index (κ1) is 14.6. The maximum absolute atomic E-state index is 11.8. The number of carboxylic acid groups (broad SMARTS) is 1. The highest BCUT2D eigenvalue weighted by Crippen LogP contribution is 2.24. The van der Waals surface area contributed by atoms with Crippen LogP contribution in [0.3, 0.4) is 0 Å². The van der Waals surface area contributed by atoms with Crippen LogP contribution < -0.4 is 5.43 Å². The monoisotopic (exact) mass is 312 g/mol. The predicted molar refractivity (Wildman–Crippen MR) is 76.3 cm³/mol.